The second-order valence-electron chi connectivity index (χ2n) is 5.95. The number of amides is 2. The largest absolute Gasteiger partial charge is 0.445 e. The lowest BCUT2D eigenvalue weighted by Gasteiger charge is -2.43. The molecule has 1 fully saturated rings. The van der Waals surface area contributed by atoms with Crippen LogP contribution in [0.1, 0.15) is 18.4 Å². The molecule has 3 aliphatic rings. The van der Waals surface area contributed by atoms with Crippen molar-refractivity contribution >= 4 is 12.0 Å². The number of hydrogen-bond donors (Lipinski definition) is 2. The van der Waals surface area contributed by atoms with Gasteiger partial charge in [-0.05, 0) is 30.2 Å². The van der Waals surface area contributed by atoms with Crippen LogP contribution in [-0.2, 0) is 16.1 Å². The molecular formula is C17H20N2O3. The normalized spacial score (nSPS) is 29.1. The summed E-state index contributed by atoms with van der Waals surface area (Å²) in [5.74, 6) is -0.408. The standard InChI is InChI=1S/C17H20N2O3/c18-16(20)14-12-6-8-13(9-7-12)15(14)19-17(21)22-10-11-4-2-1-3-5-11/h1-6,8,12-15H,7,9-10H2,(H2,18,20)(H,19,21). The van der Waals surface area contributed by atoms with E-state index in [-0.39, 0.29) is 36.3 Å². The van der Waals surface area contributed by atoms with Crippen LogP contribution in [0.5, 0.6) is 0 Å². The highest BCUT2D eigenvalue weighted by atomic mass is 16.5. The Morgan fingerprint density at radius 1 is 1.14 bits per heavy atom. The number of rotatable bonds is 4. The lowest BCUT2D eigenvalue weighted by molar-refractivity contribution is -0.125. The van der Waals surface area contributed by atoms with Gasteiger partial charge in [-0.15, -0.1) is 0 Å². The van der Waals surface area contributed by atoms with Crippen LogP contribution in [0.4, 0.5) is 4.79 Å². The molecule has 5 nitrogen and oxygen atoms in total. The molecule has 0 radical (unpaired) electrons. The maximum atomic E-state index is 12.0. The Morgan fingerprint density at radius 3 is 2.45 bits per heavy atom. The van der Waals surface area contributed by atoms with E-state index < -0.39 is 6.09 Å². The first-order valence-corrected chi connectivity index (χ1v) is 7.60. The fraction of sp³-hybridized carbons (Fsp3) is 0.412. The van der Waals surface area contributed by atoms with Crippen molar-refractivity contribution in [2.75, 3.05) is 0 Å². The van der Waals surface area contributed by atoms with Crippen molar-refractivity contribution in [1.82, 2.24) is 5.32 Å². The van der Waals surface area contributed by atoms with Crippen LogP contribution in [0, 0.1) is 17.8 Å². The van der Waals surface area contributed by atoms with Gasteiger partial charge < -0.3 is 15.8 Å². The first-order chi connectivity index (χ1) is 10.6. The Balaban J connectivity index is 1.60. The molecule has 4 unspecified atom stereocenters. The van der Waals surface area contributed by atoms with Gasteiger partial charge in [0.05, 0.1) is 12.0 Å². The molecule has 4 atom stereocenters. The summed E-state index contributed by atoms with van der Waals surface area (Å²) in [5.41, 5.74) is 6.45. The summed E-state index contributed by atoms with van der Waals surface area (Å²) in [4.78, 5) is 23.7. The number of nitrogens with one attached hydrogen (secondary N) is 1. The Bertz CT molecular complexity index is 585. The van der Waals surface area contributed by atoms with Gasteiger partial charge in [0.1, 0.15) is 6.61 Å². The summed E-state index contributed by atoms with van der Waals surface area (Å²) < 4.78 is 5.24. The predicted octanol–water partition coefficient (Wildman–Crippen LogP) is 1.98. The number of carbonyl (C=O) groups is 2. The van der Waals surface area contributed by atoms with Gasteiger partial charge in [-0.1, -0.05) is 42.5 Å². The molecule has 1 saturated carbocycles. The van der Waals surface area contributed by atoms with Gasteiger partial charge in [0.25, 0.3) is 0 Å². The van der Waals surface area contributed by atoms with E-state index in [0.717, 1.165) is 18.4 Å². The van der Waals surface area contributed by atoms with E-state index in [0.29, 0.717) is 0 Å². The number of hydrogen-bond acceptors (Lipinski definition) is 3. The number of nitrogens with two attached hydrogens (primary N) is 1. The van der Waals surface area contributed by atoms with Crippen molar-refractivity contribution in [1.29, 1.82) is 0 Å². The van der Waals surface area contributed by atoms with Crippen molar-refractivity contribution in [2.24, 2.45) is 23.5 Å². The zero-order valence-corrected chi connectivity index (χ0v) is 12.3. The Morgan fingerprint density at radius 2 is 1.82 bits per heavy atom. The monoisotopic (exact) mass is 300 g/mol. The molecule has 0 aliphatic heterocycles. The predicted molar refractivity (Wildman–Crippen MR) is 81.6 cm³/mol. The molecule has 3 N–H and O–H groups in total. The second kappa shape index (κ2) is 6.22. The summed E-state index contributed by atoms with van der Waals surface area (Å²) in [6.07, 6.45) is 5.55. The number of alkyl carbamates (subject to hydrolysis) is 1. The third-order valence-electron chi connectivity index (χ3n) is 4.57. The number of allylic oxidation sites excluding steroid dienone is 1. The van der Waals surface area contributed by atoms with Gasteiger partial charge >= 0.3 is 6.09 Å². The van der Waals surface area contributed by atoms with Crippen LogP contribution in [0.3, 0.4) is 0 Å². The molecule has 4 rings (SSSR count). The highest BCUT2D eigenvalue weighted by Crippen LogP contribution is 2.40. The van der Waals surface area contributed by atoms with Crippen LogP contribution in [0.2, 0.25) is 0 Å². The van der Waals surface area contributed by atoms with E-state index in [4.69, 9.17) is 10.5 Å². The number of carbonyl (C=O) groups excluding carboxylic acids is 2. The molecule has 0 aromatic heterocycles. The molecule has 1 aromatic carbocycles. The summed E-state index contributed by atoms with van der Waals surface area (Å²) in [6.45, 7) is 0.213. The van der Waals surface area contributed by atoms with E-state index in [2.05, 4.69) is 17.5 Å². The van der Waals surface area contributed by atoms with Gasteiger partial charge in [0, 0.05) is 0 Å². The van der Waals surface area contributed by atoms with E-state index in [9.17, 15) is 9.59 Å². The Labute approximate surface area is 129 Å². The minimum Gasteiger partial charge on any atom is -0.445 e. The number of ether oxygens (including phenoxy) is 1. The van der Waals surface area contributed by atoms with Crippen LogP contribution in [-0.4, -0.2) is 18.0 Å². The van der Waals surface area contributed by atoms with Crippen molar-refractivity contribution in [2.45, 2.75) is 25.5 Å². The summed E-state index contributed by atoms with van der Waals surface area (Å²) in [5, 5.41) is 2.84. The zero-order chi connectivity index (χ0) is 15.5. The molecule has 116 valence electrons. The molecule has 2 bridgehead atoms. The first-order valence-electron chi connectivity index (χ1n) is 7.60. The van der Waals surface area contributed by atoms with Crippen LogP contribution >= 0.6 is 0 Å². The molecule has 3 aliphatic carbocycles. The van der Waals surface area contributed by atoms with Gasteiger partial charge in [0.2, 0.25) is 5.91 Å². The average molecular weight is 300 g/mol. The number of fused-ring (bicyclic) bond motifs is 2. The third-order valence-corrected chi connectivity index (χ3v) is 4.57. The van der Waals surface area contributed by atoms with Crippen molar-refractivity contribution in [3.8, 4) is 0 Å². The molecule has 0 saturated heterocycles. The first kappa shape index (κ1) is 14.6. The smallest absolute Gasteiger partial charge is 0.407 e. The summed E-state index contributed by atoms with van der Waals surface area (Å²) in [6, 6.07) is 9.22. The zero-order valence-electron chi connectivity index (χ0n) is 12.3. The Kier molecular flexibility index (Phi) is 4.13. The molecule has 22 heavy (non-hydrogen) atoms. The van der Waals surface area contributed by atoms with Crippen LogP contribution < -0.4 is 11.1 Å². The molecule has 0 heterocycles. The molecule has 5 heteroatoms. The van der Waals surface area contributed by atoms with Crippen molar-refractivity contribution < 1.29 is 14.3 Å². The quantitative estimate of drug-likeness (QED) is 0.834. The Hall–Kier alpha value is -2.30. The number of primary amides is 1. The fourth-order valence-electron chi connectivity index (χ4n) is 3.48. The minimum absolute atomic E-state index is 0.127. The molecular weight excluding hydrogens is 280 g/mol. The van der Waals surface area contributed by atoms with E-state index >= 15 is 0 Å². The summed E-state index contributed by atoms with van der Waals surface area (Å²) >= 11 is 0. The van der Waals surface area contributed by atoms with E-state index in [1.54, 1.807) is 0 Å². The van der Waals surface area contributed by atoms with Crippen molar-refractivity contribution in [3.05, 3.63) is 48.0 Å². The minimum atomic E-state index is -0.499. The van der Waals surface area contributed by atoms with Crippen LogP contribution in [0.15, 0.2) is 42.5 Å². The topological polar surface area (TPSA) is 81.4 Å². The van der Waals surface area contributed by atoms with Gasteiger partial charge in [-0.3, -0.25) is 4.79 Å². The van der Waals surface area contributed by atoms with Gasteiger partial charge in [-0.2, -0.15) is 0 Å². The average Bonchev–Trinajstić information content (AvgIpc) is 2.54. The highest BCUT2D eigenvalue weighted by molar-refractivity contribution is 5.80. The molecule has 0 spiro atoms. The lowest BCUT2D eigenvalue weighted by Crippen LogP contribution is -2.55. The molecule has 1 aromatic rings. The van der Waals surface area contributed by atoms with E-state index in [1.807, 2.05) is 30.3 Å². The van der Waals surface area contributed by atoms with Gasteiger partial charge in [-0.25, -0.2) is 4.79 Å². The third kappa shape index (κ3) is 2.98. The maximum Gasteiger partial charge on any atom is 0.407 e. The van der Waals surface area contributed by atoms with E-state index in [1.165, 1.54) is 0 Å². The fourth-order valence-corrected chi connectivity index (χ4v) is 3.48. The maximum absolute atomic E-state index is 12.0. The second-order valence-corrected chi connectivity index (χ2v) is 5.95. The number of benzene rings is 1. The van der Waals surface area contributed by atoms with Crippen LogP contribution in [0.25, 0.3) is 0 Å². The SMILES string of the molecule is NC(=O)C1C2C=CC(CC2)C1NC(=O)OCc1ccccc1. The molecule has 2 amide bonds. The summed E-state index contributed by atoms with van der Waals surface area (Å²) in [7, 11) is 0. The van der Waals surface area contributed by atoms with Crippen molar-refractivity contribution in [3.63, 3.8) is 0 Å². The lowest BCUT2D eigenvalue weighted by atomic mass is 9.65. The van der Waals surface area contributed by atoms with Gasteiger partial charge in [0.15, 0.2) is 0 Å². The highest BCUT2D eigenvalue weighted by Gasteiger charge is 2.44.